The van der Waals surface area contributed by atoms with Crippen LogP contribution in [0.25, 0.3) is 0 Å². The van der Waals surface area contributed by atoms with Crippen LogP contribution in [-0.4, -0.2) is 18.0 Å². The SMILES string of the molecule is C=C(C=O)OC(=C)CO. The van der Waals surface area contributed by atoms with Gasteiger partial charge in [0.05, 0.1) is 0 Å². The van der Waals surface area contributed by atoms with Crippen LogP contribution in [-0.2, 0) is 9.53 Å². The third kappa shape index (κ3) is 3.49. The van der Waals surface area contributed by atoms with Crippen LogP contribution in [0.1, 0.15) is 0 Å². The second-order valence-electron chi connectivity index (χ2n) is 1.38. The summed E-state index contributed by atoms with van der Waals surface area (Å²) in [5.74, 6) is 0.0705. The summed E-state index contributed by atoms with van der Waals surface area (Å²) in [6.07, 6.45) is 0.445. The van der Waals surface area contributed by atoms with Crippen molar-refractivity contribution < 1.29 is 14.6 Å². The third-order valence-electron chi connectivity index (χ3n) is 0.583. The Morgan fingerprint density at radius 1 is 1.67 bits per heavy atom. The molecule has 0 spiro atoms. The van der Waals surface area contributed by atoms with Gasteiger partial charge in [0.15, 0.2) is 12.0 Å². The zero-order chi connectivity index (χ0) is 7.28. The topological polar surface area (TPSA) is 46.5 Å². The fourth-order valence-electron chi connectivity index (χ4n) is 0.242. The number of allylic oxidation sites excluding steroid dienone is 1. The van der Waals surface area contributed by atoms with Crippen molar-refractivity contribution >= 4 is 6.29 Å². The van der Waals surface area contributed by atoms with Gasteiger partial charge in [-0.05, 0) is 0 Å². The Morgan fingerprint density at radius 3 is 2.56 bits per heavy atom. The number of rotatable bonds is 4. The van der Waals surface area contributed by atoms with Gasteiger partial charge < -0.3 is 9.84 Å². The summed E-state index contributed by atoms with van der Waals surface area (Å²) in [6.45, 7) is 6.17. The molecule has 0 aromatic rings. The van der Waals surface area contributed by atoms with Crippen LogP contribution in [0.2, 0.25) is 0 Å². The summed E-state index contributed by atoms with van der Waals surface area (Å²) in [5, 5.41) is 8.30. The summed E-state index contributed by atoms with van der Waals surface area (Å²) in [5.41, 5.74) is 0. The van der Waals surface area contributed by atoms with Crippen LogP contribution in [0.15, 0.2) is 24.7 Å². The Bertz CT molecular complexity index is 137. The van der Waals surface area contributed by atoms with Crippen molar-refractivity contribution in [2.45, 2.75) is 0 Å². The van der Waals surface area contributed by atoms with E-state index in [9.17, 15) is 4.79 Å². The first-order valence-electron chi connectivity index (χ1n) is 2.31. The van der Waals surface area contributed by atoms with E-state index in [0.717, 1.165) is 0 Å². The summed E-state index contributed by atoms with van der Waals surface area (Å²) in [6, 6.07) is 0. The molecule has 0 aliphatic heterocycles. The Labute approximate surface area is 53.3 Å². The molecule has 1 N–H and O–H groups in total. The molecule has 0 rings (SSSR count). The van der Waals surface area contributed by atoms with Crippen molar-refractivity contribution in [3.63, 3.8) is 0 Å². The molecular formula is C6H8O3. The highest BCUT2D eigenvalue weighted by molar-refractivity contribution is 5.69. The molecule has 0 saturated heterocycles. The average molecular weight is 128 g/mol. The van der Waals surface area contributed by atoms with Gasteiger partial charge in [0.25, 0.3) is 0 Å². The zero-order valence-corrected chi connectivity index (χ0v) is 4.96. The molecule has 0 unspecified atom stereocenters. The molecule has 0 aromatic heterocycles. The summed E-state index contributed by atoms with van der Waals surface area (Å²) >= 11 is 0. The minimum atomic E-state index is -0.299. The van der Waals surface area contributed by atoms with E-state index in [1.165, 1.54) is 0 Å². The van der Waals surface area contributed by atoms with Gasteiger partial charge in [0.2, 0.25) is 0 Å². The third-order valence-corrected chi connectivity index (χ3v) is 0.583. The zero-order valence-electron chi connectivity index (χ0n) is 4.96. The molecule has 0 radical (unpaired) electrons. The first-order chi connectivity index (χ1) is 4.20. The van der Waals surface area contributed by atoms with Gasteiger partial charge in [0.1, 0.15) is 12.4 Å². The van der Waals surface area contributed by atoms with Crippen LogP contribution in [0, 0.1) is 0 Å². The molecule has 0 heterocycles. The van der Waals surface area contributed by atoms with Crippen LogP contribution in [0.4, 0.5) is 0 Å². The van der Waals surface area contributed by atoms with E-state index in [4.69, 9.17) is 5.11 Å². The second-order valence-corrected chi connectivity index (χ2v) is 1.38. The summed E-state index contributed by atoms with van der Waals surface area (Å²) < 4.78 is 4.54. The van der Waals surface area contributed by atoms with E-state index >= 15 is 0 Å². The lowest BCUT2D eigenvalue weighted by atomic mass is 10.5. The van der Waals surface area contributed by atoms with Crippen molar-refractivity contribution in [2.24, 2.45) is 0 Å². The first-order valence-corrected chi connectivity index (χ1v) is 2.31. The molecular weight excluding hydrogens is 120 g/mol. The summed E-state index contributed by atoms with van der Waals surface area (Å²) in [7, 11) is 0. The number of carbonyl (C=O) groups is 1. The number of hydrogen-bond donors (Lipinski definition) is 1. The Morgan fingerprint density at radius 2 is 2.22 bits per heavy atom. The second kappa shape index (κ2) is 3.86. The lowest BCUT2D eigenvalue weighted by molar-refractivity contribution is -0.107. The molecule has 0 aliphatic rings. The lowest BCUT2D eigenvalue weighted by Crippen LogP contribution is -1.95. The standard InChI is InChI=1S/C6H8O3/c1-5(3-7)9-6(2)4-8/h3,8H,1-2,4H2. The van der Waals surface area contributed by atoms with Crippen molar-refractivity contribution in [3.05, 3.63) is 24.7 Å². The number of hydrogen-bond acceptors (Lipinski definition) is 3. The van der Waals surface area contributed by atoms with E-state index in [1.807, 2.05) is 0 Å². The maximum Gasteiger partial charge on any atom is 0.184 e. The Kier molecular flexibility index (Phi) is 3.39. The maximum absolute atomic E-state index is 9.81. The monoisotopic (exact) mass is 128 g/mol. The van der Waals surface area contributed by atoms with Gasteiger partial charge >= 0.3 is 0 Å². The van der Waals surface area contributed by atoms with Crippen molar-refractivity contribution in [3.8, 4) is 0 Å². The first kappa shape index (κ1) is 7.91. The quantitative estimate of drug-likeness (QED) is 0.334. The predicted octanol–water partition coefficient (Wildman–Crippen LogP) is 0.222. The molecule has 3 heteroatoms. The summed E-state index contributed by atoms with van der Waals surface area (Å²) in [4.78, 5) is 9.81. The van der Waals surface area contributed by atoms with Gasteiger partial charge in [-0.25, -0.2) is 0 Å². The molecule has 0 aromatic carbocycles. The number of ether oxygens (including phenoxy) is 1. The van der Waals surface area contributed by atoms with Crippen molar-refractivity contribution in [2.75, 3.05) is 6.61 Å². The fourth-order valence-corrected chi connectivity index (χ4v) is 0.242. The molecule has 0 bridgehead atoms. The Hall–Kier alpha value is -1.09. The number of aliphatic hydroxyl groups excluding tert-OH is 1. The Balaban J connectivity index is 3.59. The number of aliphatic hydroxyl groups is 1. The molecule has 50 valence electrons. The van der Waals surface area contributed by atoms with Crippen molar-refractivity contribution in [1.82, 2.24) is 0 Å². The van der Waals surface area contributed by atoms with Gasteiger partial charge in [-0.3, -0.25) is 4.79 Å². The van der Waals surface area contributed by atoms with E-state index in [-0.39, 0.29) is 18.1 Å². The van der Waals surface area contributed by atoms with E-state index in [1.54, 1.807) is 0 Å². The highest BCUT2D eigenvalue weighted by Crippen LogP contribution is 1.96. The molecule has 3 nitrogen and oxygen atoms in total. The van der Waals surface area contributed by atoms with Gasteiger partial charge in [-0.2, -0.15) is 0 Å². The minimum Gasteiger partial charge on any atom is -0.457 e. The van der Waals surface area contributed by atoms with Crippen molar-refractivity contribution in [1.29, 1.82) is 0 Å². The molecule has 0 atom stereocenters. The van der Waals surface area contributed by atoms with Gasteiger partial charge in [-0.15, -0.1) is 0 Å². The lowest BCUT2D eigenvalue weighted by Gasteiger charge is -2.01. The molecule has 0 fully saturated rings. The smallest absolute Gasteiger partial charge is 0.184 e. The van der Waals surface area contributed by atoms with E-state index in [2.05, 4.69) is 17.9 Å². The van der Waals surface area contributed by atoms with Crippen LogP contribution in [0.5, 0.6) is 0 Å². The van der Waals surface area contributed by atoms with Crippen LogP contribution in [0.3, 0.4) is 0 Å². The largest absolute Gasteiger partial charge is 0.457 e. The maximum atomic E-state index is 9.81. The van der Waals surface area contributed by atoms with Gasteiger partial charge in [-0.1, -0.05) is 13.2 Å². The van der Waals surface area contributed by atoms with Crippen LogP contribution < -0.4 is 0 Å². The van der Waals surface area contributed by atoms with E-state index in [0.29, 0.717) is 6.29 Å². The average Bonchev–Trinajstić information content (AvgIpc) is 1.87. The molecule has 0 amide bonds. The normalized spacial score (nSPS) is 8.11. The minimum absolute atomic E-state index is 0.0472. The predicted molar refractivity (Wildman–Crippen MR) is 32.5 cm³/mol. The van der Waals surface area contributed by atoms with Crippen LogP contribution >= 0.6 is 0 Å². The number of carbonyl (C=O) groups excluding carboxylic acids is 1. The molecule has 0 aliphatic carbocycles. The van der Waals surface area contributed by atoms with E-state index < -0.39 is 0 Å². The molecule has 0 saturated carbocycles. The van der Waals surface area contributed by atoms with Gasteiger partial charge in [0, 0.05) is 0 Å². The number of aldehydes is 1. The highest BCUT2D eigenvalue weighted by atomic mass is 16.5. The fraction of sp³-hybridized carbons (Fsp3) is 0.167. The molecule has 9 heavy (non-hydrogen) atoms. The highest BCUT2D eigenvalue weighted by Gasteiger charge is 1.93.